The second-order valence-electron chi connectivity index (χ2n) is 9.94. The van der Waals surface area contributed by atoms with Gasteiger partial charge in [-0.05, 0) is 37.7 Å². The summed E-state index contributed by atoms with van der Waals surface area (Å²) in [4.78, 5) is 39.4. The highest BCUT2D eigenvalue weighted by Crippen LogP contribution is 2.42. The highest BCUT2D eigenvalue weighted by atomic mass is 35.5. The van der Waals surface area contributed by atoms with Gasteiger partial charge in [0.2, 0.25) is 0 Å². The van der Waals surface area contributed by atoms with Gasteiger partial charge < -0.3 is 25.6 Å². The van der Waals surface area contributed by atoms with Crippen LogP contribution in [-0.2, 0) is 6.54 Å². The SMILES string of the molecule is CCNC(=O)c1cc(OC)c(Cl)c(Nc2ncncc2-c2cc(Nc3cc(CN4CCN(C)CC4)ccn3)ncn2)c1Cl. The summed E-state index contributed by atoms with van der Waals surface area (Å²) in [6, 6.07) is 7.32. The van der Waals surface area contributed by atoms with Crippen LogP contribution in [0.5, 0.6) is 5.75 Å². The molecule has 4 heterocycles. The minimum Gasteiger partial charge on any atom is -0.495 e. The van der Waals surface area contributed by atoms with Crippen molar-refractivity contribution in [3.05, 3.63) is 70.5 Å². The van der Waals surface area contributed by atoms with E-state index in [0.29, 0.717) is 35.3 Å². The van der Waals surface area contributed by atoms with Crippen molar-refractivity contribution in [1.82, 2.24) is 40.0 Å². The third kappa shape index (κ3) is 7.28. The van der Waals surface area contributed by atoms with Gasteiger partial charge in [0.05, 0.1) is 34.6 Å². The highest BCUT2D eigenvalue weighted by molar-refractivity contribution is 6.42. The maximum absolute atomic E-state index is 12.7. The molecule has 14 heteroatoms. The second kappa shape index (κ2) is 13.9. The normalized spacial score (nSPS) is 13.9. The summed E-state index contributed by atoms with van der Waals surface area (Å²) in [6.45, 7) is 7.29. The summed E-state index contributed by atoms with van der Waals surface area (Å²) >= 11 is 13.3. The fraction of sp³-hybridized carbons (Fsp3) is 0.310. The zero-order valence-electron chi connectivity index (χ0n) is 24.1. The zero-order chi connectivity index (χ0) is 30.3. The average Bonchev–Trinajstić information content (AvgIpc) is 3.01. The first-order chi connectivity index (χ1) is 20.9. The van der Waals surface area contributed by atoms with Crippen molar-refractivity contribution in [3.63, 3.8) is 0 Å². The maximum Gasteiger partial charge on any atom is 0.253 e. The summed E-state index contributed by atoms with van der Waals surface area (Å²) in [6.07, 6.45) is 6.23. The molecule has 12 nitrogen and oxygen atoms in total. The molecule has 0 unspecified atom stereocenters. The number of benzene rings is 1. The molecule has 0 bridgehead atoms. The van der Waals surface area contributed by atoms with Crippen LogP contribution in [0.1, 0.15) is 22.8 Å². The van der Waals surface area contributed by atoms with Gasteiger partial charge in [-0.1, -0.05) is 23.2 Å². The number of rotatable bonds is 10. The molecule has 43 heavy (non-hydrogen) atoms. The van der Waals surface area contributed by atoms with E-state index in [9.17, 15) is 4.79 Å². The van der Waals surface area contributed by atoms with Crippen LogP contribution in [-0.4, -0.2) is 87.5 Å². The summed E-state index contributed by atoms with van der Waals surface area (Å²) < 4.78 is 5.41. The third-order valence-corrected chi connectivity index (χ3v) is 7.72. The molecule has 0 spiro atoms. The van der Waals surface area contributed by atoms with Crippen molar-refractivity contribution in [2.75, 3.05) is 57.5 Å². The Kier molecular flexibility index (Phi) is 9.82. The number of likely N-dealkylation sites (N-methyl/N-ethyl adjacent to an activating group) is 1. The summed E-state index contributed by atoms with van der Waals surface area (Å²) in [7, 11) is 3.61. The minimum atomic E-state index is -0.360. The van der Waals surface area contributed by atoms with E-state index >= 15 is 0 Å². The van der Waals surface area contributed by atoms with Gasteiger partial charge in [-0.15, -0.1) is 0 Å². The van der Waals surface area contributed by atoms with Crippen molar-refractivity contribution >= 4 is 52.3 Å². The number of pyridine rings is 1. The first-order valence-electron chi connectivity index (χ1n) is 13.7. The number of piperazine rings is 1. The number of hydrogen-bond acceptors (Lipinski definition) is 11. The molecular formula is C29H32Cl2N10O2. The van der Waals surface area contributed by atoms with Gasteiger partial charge in [0, 0.05) is 57.7 Å². The maximum atomic E-state index is 12.7. The molecular weight excluding hydrogens is 591 g/mol. The van der Waals surface area contributed by atoms with Crippen LogP contribution in [0, 0.1) is 0 Å². The summed E-state index contributed by atoms with van der Waals surface area (Å²) in [5, 5.41) is 9.50. The van der Waals surface area contributed by atoms with Crippen LogP contribution in [0.3, 0.4) is 0 Å². The zero-order valence-corrected chi connectivity index (χ0v) is 25.6. The molecule has 0 atom stereocenters. The fourth-order valence-electron chi connectivity index (χ4n) is 4.64. The number of hydrogen-bond donors (Lipinski definition) is 3. The summed E-state index contributed by atoms with van der Waals surface area (Å²) in [5.74, 6) is 1.50. The van der Waals surface area contributed by atoms with Crippen molar-refractivity contribution < 1.29 is 9.53 Å². The molecule has 224 valence electrons. The Labute approximate surface area is 259 Å². The van der Waals surface area contributed by atoms with E-state index in [0.717, 1.165) is 32.7 Å². The number of carbonyl (C=O) groups excluding carboxylic acids is 1. The van der Waals surface area contributed by atoms with Crippen LogP contribution < -0.4 is 20.7 Å². The largest absolute Gasteiger partial charge is 0.495 e. The molecule has 0 radical (unpaired) electrons. The Morgan fingerprint density at radius 2 is 1.77 bits per heavy atom. The van der Waals surface area contributed by atoms with E-state index in [1.54, 1.807) is 18.5 Å². The number of anilines is 4. The molecule has 1 aromatic carbocycles. The summed E-state index contributed by atoms with van der Waals surface area (Å²) in [5.41, 5.74) is 2.72. The van der Waals surface area contributed by atoms with Crippen LogP contribution >= 0.6 is 23.2 Å². The topological polar surface area (TPSA) is 133 Å². The van der Waals surface area contributed by atoms with E-state index in [4.69, 9.17) is 27.9 Å². The molecule has 4 aromatic rings. The predicted molar refractivity (Wildman–Crippen MR) is 168 cm³/mol. The van der Waals surface area contributed by atoms with Gasteiger partial charge in [0.1, 0.15) is 40.9 Å². The van der Waals surface area contributed by atoms with Gasteiger partial charge in [-0.3, -0.25) is 9.69 Å². The molecule has 1 aliphatic heterocycles. The number of nitrogens with one attached hydrogen (secondary N) is 3. The van der Waals surface area contributed by atoms with Crippen molar-refractivity contribution in [2.24, 2.45) is 0 Å². The first-order valence-corrected chi connectivity index (χ1v) is 14.5. The van der Waals surface area contributed by atoms with Crippen LogP contribution in [0.25, 0.3) is 11.3 Å². The van der Waals surface area contributed by atoms with Crippen LogP contribution in [0.4, 0.5) is 23.1 Å². The molecule has 5 rings (SSSR count). The Balaban J connectivity index is 1.39. The second-order valence-corrected chi connectivity index (χ2v) is 10.7. The molecule has 3 N–H and O–H groups in total. The number of nitrogens with zero attached hydrogens (tertiary/aromatic N) is 7. The predicted octanol–water partition coefficient (Wildman–Crippen LogP) is 4.63. The lowest BCUT2D eigenvalue weighted by atomic mass is 10.1. The number of aromatic nitrogens is 5. The van der Waals surface area contributed by atoms with Gasteiger partial charge in [0.15, 0.2) is 0 Å². The van der Waals surface area contributed by atoms with Crippen molar-refractivity contribution in [3.8, 4) is 17.0 Å². The number of ether oxygens (including phenoxy) is 1. The van der Waals surface area contributed by atoms with E-state index in [1.807, 2.05) is 19.1 Å². The molecule has 1 fully saturated rings. The minimum absolute atomic E-state index is 0.119. The Morgan fingerprint density at radius 1 is 0.977 bits per heavy atom. The first kappa shape index (κ1) is 30.4. The van der Waals surface area contributed by atoms with Gasteiger partial charge in [-0.2, -0.15) is 0 Å². The van der Waals surface area contributed by atoms with Crippen molar-refractivity contribution in [1.29, 1.82) is 0 Å². The van der Waals surface area contributed by atoms with Crippen LogP contribution in [0.15, 0.2) is 49.3 Å². The number of halogens is 2. The highest BCUT2D eigenvalue weighted by Gasteiger charge is 2.22. The van der Waals surface area contributed by atoms with Gasteiger partial charge in [-0.25, -0.2) is 24.9 Å². The smallest absolute Gasteiger partial charge is 0.253 e. The Morgan fingerprint density at radius 3 is 2.53 bits per heavy atom. The van der Waals surface area contributed by atoms with E-state index in [1.165, 1.54) is 31.4 Å². The Bertz CT molecular complexity index is 1600. The molecule has 0 saturated carbocycles. The molecule has 0 aliphatic carbocycles. The standard InChI is InChI=1S/C29H32Cl2N10O2/c1-4-33-29(42)19-12-22(43-3)26(31)27(25(19)30)39-28-20(14-32-16-37-28)21-13-24(36-17-35-21)38-23-11-18(5-6-34-23)15-41-9-7-40(2)8-10-41/h5-6,11-14,16-17H,4,7-10,15H2,1-3H3,(H,33,42)(H,32,37,39)(H,34,35,36,38). The van der Waals surface area contributed by atoms with Gasteiger partial charge >= 0.3 is 0 Å². The molecule has 1 saturated heterocycles. The molecule has 3 aromatic heterocycles. The van der Waals surface area contributed by atoms with E-state index in [-0.39, 0.29) is 33.0 Å². The lowest BCUT2D eigenvalue weighted by Crippen LogP contribution is -2.43. The van der Waals surface area contributed by atoms with E-state index < -0.39 is 0 Å². The quantitative estimate of drug-likeness (QED) is 0.228. The van der Waals surface area contributed by atoms with E-state index in [2.05, 4.69) is 57.7 Å². The van der Waals surface area contributed by atoms with Crippen LogP contribution in [0.2, 0.25) is 10.0 Å². The number of carbonyl (C=O) groups is 1. The Hall–Kier alpha value is -4.10. The third-order valence-electron chi connectivity index (χ3n) is 6.95. The van der Waals surface area contributed by atoms with Gasteiger partial charge in [0.25, 0.3) is 5.91 Å². The lowest BCUT2D eigenvalue weighted by Gasteiger charge is -2.32. The monoisotopic (exact) mass is 622 g/mol. The fourth-order valence-corrected chi connectivity index (χ4v) is 5.24. The molecule has 1 amide bonds. The lowest BCUT2D eigenvalue weighted by molar-refractivity contribution is 0.0955. The number of methoxy groups -OCH3 is 1. The van der Waals surface area contributed by atoms with Crippen molar-refractivity contribution in [2.45, 2.75) is 13.5 Å². The molecule has 1 aliphatic rings. The average molecular weight is 624 g/mol. The number of amides is 1.